The molecule has 0 aliphatic heterocycles. The van der Waals surface area contributed by atoms with Gasteiger partial charge in [-0.05, 0) is 69.6 Å². The fraction of sp³-hybridized carbons (Fsp3) is 0.585. The molecule has 1 aliphatic carbocycles. The van der Waals surface area contributed by atoms with Crippen molar-refractivity contribution in [2.45, 2.75) is 148 Å². The van der Waals surface area contributed by atoms with Crippen LogP contribution in [0, 0.1) is 12.8 Å². The van der Waals surface area contributed by atoms with E-state index in [-0.39, 0.29) is 5.97 Å². The van der Waals surface area contributed by atoms with Crippen molar-refractivity contribution < 1.29 is 9.53 Å². The van der Waals surface area contributed by atoms with Gasteiger partial charge in [0.1, 0.15) is 0 Å². The molecule has 2 aromatic rings. The third-order valence-corrected chi connectivity index (χ3v) is 6.07. The molecule has 0 bridgehead atoms. The van der Waals surface area contributed by atoms with Gasteiger partial charge in [-0.15, -0.1) is 0 Å². The number of allylic oxidation sites excluding steroid dienone is 4. The molecule has 3 rings (SSSR count). The smallest absolute Gasteiger partial charge is 0.338 e. The molecule has 2 nitrogen and oxygen atoms in total. The summed E-state index contributed by atoms with van der Waals surface area (Å²) in [5.74, 6) is 1.59. The molecular weight excluding hydrogens is 524 g/mol. The molecule has 248 valence electrons. The van der Waals surface area contributed by atoms with Crippen LogP contribution < -0.4 is 0 Å². The molecule has 2 atom stereocenters. The fourth-order valence-corrected chi connectivity index (χ4v) is 3.31. The summed E-state index contributed by atoms with van der Waals surface area (Å²) in [6.07, 6.45) is 14.8. The van der Waals surface area contributed by atoms with Gasteiger partial charge in [0.2, 0.25) is 0 Å². The third kappa shape index (κ3) is 30.6. The first-order valence-electron chi connectivity index (χ1n) is 17.4. The lowest BCUT2D eigenvalue weighted by atomic mass is 10.1. The summed E-state index contributed by atoms with van der Waals surface area (Å²) < 4.78 is 5.07. The molecule has 0 aromatic heterocycles. The Hall–Kier alpha value is -2.61. The van der Waals surface area contributed by atoms with Crippen molar-refractivity contribution in [3.8, 4) is 0 Å². The van der Waals surface area contributed by atoms with Gasteiger partial charge in [-0.3, -0.25) is 0 Å². The van der Waals surface area contributed by atoms with Crippen LogP contribution in [-0.2, 0) is 4.74 Å². The first-order chi connectivity index (χ1) is 20.8. The highest BCUT2D eigenvalue weighted by Crippen LogP contribution is 2.46. The van der Waals surface area contributed by atoms with E-state index in [9.17, 15) is 4.79 Å². The molecule has 0 amide bonds. The second-order valence-corrected chi connectivity index (χ2v) is 9.87. The maximum Gasteiger partial charge on any atom is 0.338 e. The minimum atomic E-state index is -0.224. The Labute approximate surface area is 270 Å². The van der Waals surface area contributed by atoms with Gasteiger partial charge in [-0.1, -0.05) is 174 Å². The van der Waals surface area contributed by atoms with Gasteiger partial charge in [0.05, 0.1) is 12.2 Å². The number of hydrogen-bond acceptors (Lipinski definition) is 2. The molecule has 0 saturated heterocycles. The summed E-state index contributed by atoms with van der Waals surface area (Å²) in [6.45, 7) is 29.7. The largest absolute Gasteiger partial charge is 0.462 e. The zero-order valence-electron chi connectivity index (χ0n) is 31.1. The number of esters is 1. The molecule has 0 heterocycles. The second kappa shape index (κ2) is 37.4. The highest BCUT2D eigenvalue weighted by molar-refractivity contribution is 5.89. The van der Waals surface area contributed by atoms with Gasteiger partial charge in [-0.25, -0.2) is 4.79 Å². The molecule has 0 unspecified atom stereocenters. The van der Waals surface area contributed by atoms with Crippen LogP contribution in [0.15, 0.2) is 78.4 Å². The predicted molar refractivity (Wildman–Crippen MR) is 197 cm³/mol. The molecule has 2 heteroatoms. The SMILES string of the molecule is C/C=C\C=C(/C)CCC.CC.CC.CC.CCCC.CCCCOC(=O)c1ccc(C)cc1.C[C@@H]1C[C@H]1c1ccccc1. The van der Waals surface area contributed by atoms with Crippen LogP contribution in [0.3, 0.4) is 0 Å². The van der Waals surface area contributed by atoms with E-state index in [0.717, 1.165) is 30.2 Å². The lowest BCUT2D eigenvalue weighted by Crippen LogP contribution is -2.05. The van der Waals surface area contributed by atoms with Crippen LogP contribution in [-0.4, -0.2) is 12.6 Å². The third-order valence-electron chi connectivity index (χ3n) is 6.07. The average Bonchev–Trinajstić information content (AvgIpc) is 3.81. The van der Waals surface area contributed by atoms with Crippen LogP contribution in [0.2, 0.25) is 0 Å². The van der Waals surface area contributed by atoms with Crippen LogP contribution in [0.5, 0.6) is 0 Å². The Morgan fingerprint density at radius 3 is 1.72 bits per heavy atom. The Morgan fingerprint density at radius 1 is 0.814 bits per heavy atom. The average molecular weight is 597 g/mol. The molecule has 2 aromatic carbocycles. The Bertz CT molecular complexity index is 860. The summed E-state index contributed by atoms with van der Waals surface area (Å²) >= 11 is 0. The van der Waals surface area contributed by atoms with Crippen molar-refractivity contribution in [1.29, 1.82) is 0 Å². The van der Waals surface area contributed by atoms with Crippen LogP contribution in [0.1, 0.15) is 162 Å². The van der Waals surface area contributed by atoms with Crippen LogP contribution in [0.25, 0.3) is 0 Å². The van der Waals surface area contributed by atoms with Crippen LogP contribution in [0.4, 0.5) is 0 Å². The van der Waals surface area contributed by atoms with Gasteiger partial charge < -0.3 is 4.74 Å². The van der Waals surface area contributed by atoms with Gasteiger partial charge in [0.15, 0.2) is 0 Å². The number of aryl methyl sites for hydroxylation is 1. The van der Waals surface area contributed by atoms with Gasteiger partial charge in [0, 0.05) is 0 Å². The van der Waals surface area contributed by atoms with Crippen molar-refractivity contribution in [3.05, 3.63) is 95.1 Å². The minimum absolute atomic E-state index is 0.224. The highest BCUT2D eigenvalue weighted by atomic mass is 16.5. The van der Waals surface area contributed by atoms with Gasteiger partial charge >= 0.3 is 5.97 Å². The number of ether oxygens (including phenoxy) is 1. The predicted octanol–water partition coefficient (Wildman–Crippen LogP) is 14.0. The Morgan fingerprint density at radius 2 is 1.33 bits per heavy atom. The molecular formula is C41H72O2. The molecule has 0 radical (unpaired) electrons. The van der Waals surface area contributed by atoms with E-state index < -0.39 is 0 Å². The van der Waals surface area contributed by atoms with E-state index in [0.29, 0.717) is 12.2 Å². The van der Waals surface area contributed by atoms with Crippen molar-refractivity contribution in [3.63, 3.8) is 0 Å². The molecule has 1 aliphatic rings. The van der Waals surface area contributed by atoms with Crippen LogP contribution >= 0.6 is 0 Å². The highest BCUT2D eigenvalue weighted by Gasteiger charge is 2.33. The van der Waals surface area contributed by atoms with Crippen molar-refractivity contribution in [2.24, 2.45) is 5.92 Å². The van der Waals surface area contributed by atoms with Gasteiger partial charge in [0.25, 0.3) is 0 Å². The van der Waals surface area contributed by atoms with E-state index in [1.165, 1.54) is 43.2 Å². The maximum atomic E-state index is 11.4. The van der Waals surface area contributed by atoms with Crippen molar-refractivity contribution >= 4 is 5.97 Å². The molecule has 1 saturated carbocycles. The van der Waals surface area contributed by atoms with Crippen molar-refractivity contribution in [2.75, 3.05) is 6.61 Å². The lowest BCUT2D eigenvalue weighted by molar-refractivity contribution is 0.0499. The number of carbonyl (C=O) groups excluding carboxylic acids is 1. The molecule has 43 heavy (non-hydrogen) atoms. The van der Waals surface area contributed by atoms with E-state index in [1.807, 2.05) is 67.5 Å². The van der Waals surface area contributed by atoms with E-state index in [2.05, 4.69) is 90.1 Å². The van der Waals surface area contributed by atoms with E-state index in [1.54, 1.807) is 12.1 Å². The number of rotatable bonds is 9. The zero-order valence-corrected chi connectivity index (χ0v) is 31.1. The number of benzene rings is 2. The van der Waals surface area contributed by atoms with Gasteiger partial charge in [-0.2, -0.15) is 0 Å². The summed E-state index contributed by atoms with van der Waals surface area (Å²) in [5.41, 5.74) is 4.77. The van der Waals surface area contributed by atoms with E-state index >= 15 is 0 Å². The topological polar surface area (TPSA) is 26.3 Å². The monoisotopic (exact) mass is 597 g/mol. The number of unbranched alkanes of at least 4 members (excludes halogenated alkanes) is 2. The molecule has 1 fully saturated rings. The van der Waals surface area contributed by atoms with Crippen molar-refractivity contribution in [1.82, 2.24) is 0 Å². The number of hydrogen-bond donors (Lipinski definition) is 0. The quantitative estimate of drug-likeness (QED) is 0.163. The standard InChI is InChI=1S/C12H16O2.C10H12.C9H16.C4H10.3C2H6/c1-3-4-9-14-12(13)11-7-5-10(2)6-8-11;1-8-7-10(8)9-5-3-2-4-6-9;1-4-6-8-9(3)7-5-2;1-3-4-2;3*1-2/h5-8H,3-4,9H2,1-2H3;2-6,8,10H,7H2,1H3;4,6,8H,5,7H2,1-3H3;3-4H2,1-2H3;3*1-2H3/b;;6-4-,9-8+;;;;/t;8-,10-;;;;;/m.1...../s1. The lowest BCUT2D eigenvalue weighted by Gasteiger charge is -2.03. The Balaban J connectivity index is -0.000000234. The minimum Gasteiger partial charge on any atom is -0.462 e. The maximum absolute atomic E-state index is 11.4. The number of carbonyl (C=O) groups is 1. The summed E-state index contributed by atoms with van der Waals surface area (Å²) in [7, 11) is 0. The fourth-order valence-electron chi connectivity index (χ4n) is 3.31. The summed E-state index contributed by atoms with van der Waals surface area (Å²) in [5, 5.41) is 0. The zero-order chi connectivity index (χ0) is 33.9. The molecule has 0 N–H and O–H groups in total. The normalized spacial score (nSPS) is 14.0. The first-order valence-corrected chi connectivity index (χ1v) is 17.4. The summed E-state index contributed by atoms with van der Waals surface area (Å²) in [4.78, 5) is 11.4. The molecule has 0 spiro atoms. The van der Waals surface area contributed by atoms with E-state index in [4.69, 9.17) is 4.74 Å². The Kier molecular flexibility index (Phi) is 41.2. The summed E-state index contributed by atoms with van der Waals surface area (Å²) in [6, 6.07) is 18.2. The second-order valence-electron chi connectivity index (χ2n) is 9.87. The first kappa shape index (κ1) is 47.3.